The molecular formula is C15H12Br4O2. The molecule has 2 N–H and O–H groups in total. The lowest BCUT2D eigenvalue weighted by Crippen LogP contribution is -2.04. The summed E-state index contributed by atoms with van der Waals surface area (Å²) >= 11 is 14.1. The zero-order valence-electron chi connectivity index (χ0n) is 11.0. The van der Waals surface area contributed by atoms with Crippen molar-refractivity contribution in [3.05, 3.63) is 53.3 Å². The van der Waals surface area contributed by atoms with Crippen LogP contribution < -0.4 is 0 Å². The Kier molecular flexibility index (Phi) is 5.79. The fourth-order valence-electron chi connectivity index (χ4n) is 2.36. The van der Waals surface area contributed by atoms with Crippen LogP contribution in [0.15, 0.2) is 42.2 Å². The van der Waals surface area contributed by atoms with Crippen LogP contribution in [0, 0.1) is 0 Å². The summed E-state index contributed by atoms with van der Waals surface area (Å²) in [6.45, 7) is 2.10. The van der Waals surface area contributed by atoms with Gasteiger partial charge in [-0.3, -0.25) is 0 Å². The van der Waals surface area contributed by atoms with E-state index < -0.39 is 0 Å². The topological polar surface area (TPSA) is 40.5 Å². The Morgan fingerprint density at radius 3 is 1.29 bits per heavy atom. The van der Waals surface area contributed by atoms with Crippen LogP contribution in [-0.2, 0) is 0 Å². The van der Waals surface area contributed by atoms with Gasteiger partial charge in [-0.25, -0.2) is 0 Å². The Morgan fingerprint density at radius 1 is 0.762 bits per heavy atom. The van der Waals surface area contributed by atoms with Crippen LogP contribution in [0.5, 0.6) is 11.5 Å². The van der Waals surface area contributed by atoms with E-state index in [1.54, 1.807) is 24.3 Å². The van der Waals surface area contributed by atoms with E-state index in [9.17, 15) is 10.2 Å². The molecule has 21 heavy (non-hydrogen) atoms. The highest BCUT2D eigenvalue weighted by atomic mass is 79.9. The van der Waals surface area contributed by atoms with Gasteiger partial charge in [0, 0.05) is 23.8 Å². The van der Waals surface area contributed by atoms with Crippen molar-refractivity contribution in [1.29, 1.82) is 0 Å². The quantitative estimate of drug-likeness (QED) is 0.453. The third kappa shape index (κ3) is 3.66. The number of aromatic hydroxyl groups is 2. The largest absolute Gasteiger partial charge is 0.508 e. The molecule has 0 fully saturated rings. The van der Waals surface area contributed by atoms with Crippen molar-refractivity contribution >= 4 is 63.7 Å². The summed E-state index contributed by atoms with van der Waals surface area (Å²) in [5, 5.41) is 19.4. The molecule has 0 spiro atoms. The smallest absolute Gasteiger partial charge is 0.117 e. The van der Waals surface area contributed by atoms with Gasteiger partial charge >= 0.3 is 0 Å². The molecule has 0 bridgehead atoms. The standard InChI is InChI=1S/C15H12Br4O2/c1-2-9(14-10(16)3-7(20)4-11(14)17)15-12(18)5-8(21)6-13(15)19/h3-6,9,20-21H,2H2,1H3. The maximum atomic E-state index is 9.68. The summed E-state index contributed by atoms with van der Waals surface area (Å²) in [5.41, 5.74) is 2.12. The zero-order chi connectivity index (χ0) is 15.7. The van der Waals surface area contributed by atoms with E-state index in [1.165, 1.54) is 0 Å². The van der Waals surface area contributed by atoms with Crippen molar-refractivity contribution in [2.45, 2.75) is 19.3 Å². The van der Waals surface area contributed by atoms with Crippen molar-refractivity contribution in [3.63, 3.8) is 0 Å². The van der Waals surface area contributed by atoms with Crippen molar-refractivity contribution in [1.82, 2.24) is 0 Å². The predicted molar refractivity (Wildman–Crippen MR) is 99.1 cm³/mol. The first-order valence-electron chi connectivity index (χ1n) is 6.21. The zero-order valence-corrected chi connectivity index (χ0v) is 17.3. The lowest BCUT2D eigenvalue weighted by molar-refractivity contribution is 0.474. The van der Waals surface area contributed by atoms with Crippen LogP contribution in [0.3, 0.4) is 0 Å². The molecule has 0 aliphatic rings. The first kappa shape index (κ1) is 17.3. The summed E-state index contributed by atoms with van der Waals surface area (Å²) in [6.07, 6.45) is 0.865. The predicted octanol–water partition coefficient (Wildman–Crippen LogP) is 6.69. The molecule has 0 heterocycles. The molecule has 0 unspecified atom stereocenters. The molecule has 0 atom stereocenters. The molecule has 0 radical (unpaired) electrons. The van der Waals surface area contributed by atoms with E-state index in [0.29, 0.717) is 0 Å². The first-order valence-corrected chi connectivity index (χ1v) is 9.38. The molecule has 0 saturated heterocycles. The minimum Gasteiger partial charge on any atom is -0.508 e. The van der Waals surface area contributed by atoms with Crippen molar-refractivity contribution in [2.24, 2.45) is 0 Å². The molecule has 112 valence electrons. The van der Waals surface area contributed by atoms with E-state index in [2.05, 4.69) is 70.6 Å². The van der Waals surface area contributed by atoms with E-state index in [-0.39, 0.29) is 17.4 Å². The molecule has 0 aliphatic carbocycles. The number of hydrogen-bond acceptors (Lipinski definition) is 2. The van der Waals surface area contributed by atoms with Crippen LogP contribution in [-0.4, -0.2) is 10.2 Å². The van der Waals surface area contributed by atoms with Gasteiger partial charge < -0.3 is 10.2 Å². The Labute approximate surface area is 157 Å². The second-order valence-corrected chi connectivity index (χ2v) is 8.02. The maximum absolute atomic E-state index is 9.68. The van der Waals surface area contributed by atoms with Crippen molar-refractivity contribution in [2.75, 3.05) is 0 Å². The lowest BCUT2D eigenvalue weighted by Gasteiger charge is -2.22. The summed E-state index contributed by atoms with van der Waals surface area (Å²) < 4.78 is 3.36. The summed E-state index contributed by atoms with van der Waals surface area (Å²) in [5.74, 6) is 0.506. The number of phenolic OH excluding ortho intramolecular Hbond substituents is 2. The molecule has 6 heteroatoms. The van der Waals surface area contributed by atoms with E-state index in [4.69, 9.17) is 0 Å². The van der Waals surface area contributed by atoms with Gasteiger partial charge in [0.1, 0.15) is 11.5 Å². The van der Waals surface area contributed by atoms with Crippen LogP contribution in [0.2, 0.25) is 0 Å². The lowest BCUT2D eigenvalue weighted by atomic mass is 9.89. The Hall–Kier alpha value is -0.0400. The molecule has 2 aromatic rings. The monoisotopic (exact) mass is 540 g/mol. The molecule has 2 nitrogen and oxygen atoms in total. The van der Waals surface area contributed by atoms with Gasteiger partial charge in [-0.1, -0.05) is 70.6 Å². The molecule has 0 aromatic heterocycles. The highest BCUT2D eigenvalue weighted by molar-refractivity contribution is 9.11. The van der Waals surface area contributed by atoms with Crippen molar-refractivity contribution < 1.29 is 10.2 Å². The number of rotatable bonds is 3. The highest BCUT2D eigenvalue weighted by Gasteiger charge is 2.23. The summed E-state index contributed by atoms with van der Waals surface area (Å²) in [6, 6.07) is 6.74. The van der Waals surface area contributed by atoms with Crippen LogP contribution in [0.1, 0.15) is 30.4 Å². The van der Waals surface area contributed by atoms with E-state index in [0.717, 1.165) is 35.4 Å². The fraction of sp³-hybridized carbons (Fsp3) is 0.200. The van der Waals surface area contributed by atoms with Gasteiger partial charge in [-0.05, 0) is 41.8 Å². The third-order valence-corrected chi connectivity index (χ3v) is 5.86. The number of halogens is 4. The minimum atomic E-state index is 0.0960. The SMILES string of the molecule is CCC(c1c(Br)cc(O)cc1Br)c1c(Br)cc(O)cc1Br. The third-order valence-electron chi connectivity index (χ3n) is 3.23. The van der Waals surface area contributed by atoms with Crippen LogP contribution in [0.25, 0.3) is 0 Å². The number of benzene rings is 2. The minimum absolute atomic E-state index is 0.0960. The second-order valence-electron chi connectivity index (χ2n) is 4.61. The summed E-state index contributed by atoms with van der Waals surface area (Å²) in [4.78, 5) is 0. The van der Waals surface area contributed by atoms with Crippen molar-refractivity contribution in [3.8, 4) is 11.5 Å². The number of phenols is 2. The van der Waals surface area contributed by atoms with Gasteiger partial charge in [0.2, 0.25) is 0 Å². The van der Waals surface area contributed by atoms with Gasteiger partial charge in [-0.15, -0.1) is 0 Å². The molecule has 0 saturated carbocycles. The van der Waals surface area contributed by atoms with Gasteiger partial charge in [0.05, 0.1) is 0 Å². The highest BCUT2D eigenvalue weighted by Crippen LogP contribution is 2.45. The summed E-state index contributed by atoms with van der Waals surface area (Å²) in [7, 11) is 0. The normalized spacial score (nSPS) is 11.1. The van der Waals surface area contributed by atoms with Gasteiger partial charge in [0.15, 0.2) is 0 Å². The van der Waals surface area contributed by atoms with Gasteiger partial charge in [0.25, 0.3) is 0 Å². The van der Waals surface area contributed by atoms with Crippen LogP contribution in [0.4, 0.5) is 0 Å². The molecule has 2 aromatic carbocycles. The molecule has 0 aliphatic heterocycles. The fourth-order valence-corrected chi connectivity index (χ4v) is 5.79. The van der Waals surface area contributed by atoms with Gasteiger partial charge in [-0.2, -0.15) is 0 Å². The van der Waals surface area contributed by atoms with E-state index >= 15 is 0 Å². The Morgan fingerprint density at radius 2 is 1.05 bits per heavy atom. The first-order chi connectivity index (χ1) is 9.85. The molecule has 2 rings (SSSR count). The average molecular weight is 544 g/mol. The Balaban J connectivity index is 2.66. The molecule has 0 amide bonds. The Bertz CT molecular complexity index is 582. The average Bonchev–Trinajstić information content (AvgIpc) is 2.34. The van der Waals surface area contributed by atoms with Crippen LogP contribution >= 0.6 is 63.7 Å². The maximum Gasteiger partial charge on any atom is 0.117 e. The second kappa shape index (κ2) is 7.02. The number of hydrogen-bond donors (Lipinski definition) is 2. The van der Waals surface area contributed by atoms with E-state index in [1.807, 2.05) is 0 Å². The molecular weight excluding hydrogens is 532 g/mol.